The lowest BCUT2D eigenvalue weighted by atomic mass is 10.1. The van der Waals surface area contributed by atoms with Crippen LogP contribution in [-0.2, 0) is 14.4 Å². The third kappa shape index (κ3) is 4.99. The van der Waals surface area contributed by atoms with Crippen molar-refractivity contribution in [2.45, 2.75) is 6.92 Å². The Morgan fingerprint density at radius 3 is 1.77 bits per heavy atom. The first kappa shape index (κ1) is 22.5. The molecule has 30 heavy (non-hydrogen) atoms. The van der Waals surface area contributed by atoms with Crippen LogP contribution >= 0.6 is 0 Å². The predicted octanol–water partition coefficient (Wildman–Crippen LogP) is 2.25. The Hall–Kier alpha value is -3.75. The predicted molar refractivity (Wildman–Crippen MR) is 108 cm³/mol. The maximum Gasteiger partial charge on any atom is 0.308 e. The first-order valence-electron chi connectivity index (χ1n) is 8.82. The molecule has 160 valence electrons. The van der Waals surface area contributed by atoms with E-state index < -0.39 is 11.7 Å². The quantitative estimate of drug-likeness (QED) is 0.305. The highest BCUT2D eigenvalue weighted by atomic mass is 16.6. The van der Waals surface area contributed by atoms with Crippen LogP contribution < -0.4 is 28.6 Å². The summed E-state index contributed by atoms with van der Waals surface area (Å²) >= 11 is 0. The molecule has 0 radical (unpaired) electrons. The van der Waals surface area contributed by atoms with Crippen molar-refractivity contribution in [3.05, 3.63) is 36.4 Å². The molecule has 0 spiro atoms. The summed E-state index contributed by atoms with van der Waals surface area (Å²) in [5, 5.41) is 0. The Morgan fingerprint density at radius 2 is 1.37 bits per heavy atom. The molecule has 2 aromatic carbocycles. The van der Waals surface area contributed by atoms with Gasteiger partial charge in [-0.25, -0.2) is 0 Å². The number of β-lactam (4-membered cyclic amide) rings is 1. The number of benzene rings is 2. The van der Waals surface area contributed by atoms with Crippen LogP contribution in [0.5, 0.6) is 28.7 Å². The summed E-state index contributed by atoms with van der Waals surface area (Å²) in [6, 6.07) is 10.3. The standard InChI is InChI=1S/C12H13NO5.C9H10O3/c1-16-9-4-7(13-6-8(14)12(13)15)5-10(17-2)11(9)18-3;1-7(10)12-9-6-4-3-5-8(9)11-2/h4-5H,6H2,1-3H3;3-6H,1-2H3. The number of Topliss-reactive ketones (excluding diaryl/α,β-unsaturated/α-hetero) is 1. The fourth-order valence-electron chi connectivity index (χ4n) is 2.63. The van der Waals surface area contributed by atoms with E-state index in [2.05, 4.69) is 0 Å². The minimum absolute atomic E-state index is 0.0808. The monoisotopic (exact) mass is 417 g/mol. The molecular formula is C21H23NO8. The molecule has 0 bridgehead atoms. The third-order valence-electron chi connectivity index (χ3n) is 4.07. The van der Waals surface area contributed by atoms with Gasteiger partial charge in [-0.3, -0.25) is 19.3 Å². The van der Waals surface area contributed by atoms with Crippen molar-refractivity contribution < 1.29 is 38.1 Å². The lowest BCUT2D eigenvalue weighted by molar-refractivity contribution is -0.140. The molecule has 2 aromatic rings. The average molecular weight is 417 g/mol. The molecule has 1 amide bonds. The van der Waals surface area contributed by atoms with Gasteiger partial charge in [-0.1, -0.05) is 12.1 Å². The van der Waals surface area contributed by atoms with Crippen molar-refractivity contribution in [3.8, 4) is 28.7 Å². The molecule has 9 heteroatoms. The molecule has 1 saturated heterocycles. The number of carbonyl (C=O) groups is 3. The van der Waals surface area contributed by atoms with Gasteiger partial charge in [-0.2, -0.15) is 0 Å². The molecule has 0 unspecified atom stereocenters. The summed E-state index contributed by atoms with van der Waals surface area (Å²) in [6.07, 6.45) is 0. The lowest BCUT2D eigenvalue weighted by Crippen LogP contribution is -2.53. The van der Waals surface area contributed by atoms with E-state index in [1.807, 2.05) is 6.07 Å². The molecule has 3 rings (SSSR count). The zero-order valence-corrected chi connectivity index (χ0v) is 17.4. The van der Waals surface area contributed by atoms with Crippen LogP contribution in [0.25, 0.3) is 0 Å². The second-order valence-electron chi connectivity index (χ2n) is 5.94. The molecule has 0 aromatic heterocycles. The van der Waals surface area contributed by atoms with Crippen LogP contribution in [0, 0.1) is 0 Å². The lowest BCUT2D eigenvalue weighted by Gasteiger charge is -2.29. The number of ketones is 1. The number of methoxy groups -OCH3 is 4. The number of rotatable bonds is 6. The van der Waals surface area contributed by atoms with E-state index in [4.69, 9.17) is 23.7 Å². The molecule has 1 aliphatic heterocycles. The van der Waals surface area contributed by atoms with Gasteiger partial charge in [0, 0.05) is 19.1 Å². The maximum absolute atomic E-state index is 11.4. The molecule has 1 aliphatic rings. The summed E-state index contributed by atoms with van der Waals surface area (Å²) in [6.45, 7) is 1.43. The van der Waals surface area contributed by atoms with E-state index in [0.717, 1.165) is 0 Å². The molecule has 1 heterocycles. The summed E-state index contributed by atoms with van der Waals surface area (Å²) < 4.78 is 25.4. The minimum atomic E-state index is -0.524. The molecular weight excluding hydrogens is 394 g/mol. The number of hydrogen-bond donors (Lipinski definition) is 0. The van der Waals surface area contributed by atoms with Crippen LogP contribution in [0.1, 0.15) is 6.92 Å². The molecule has 1 fully saturated rings. The van der Waals surface area contributed by atoms with E-state index in [1.54, 1.807) is 30.3 Å². The van der Waals surface area contributed by atoms with Gasteiger partial charge in [-0.15, -0.1) is 0 Å². The second kappa shape index (κ2) is 10.1. The number of hydrogen-bond acceptors (Lipinski definition) is 8. The number of anilines is 1. The molecule has 0 atom stereocenters. The summed E-state index contributed by atoms with van der Waals surface area (Å²) in [5.74, 6) is 1.08. The van der Waals surface area contributed by atoms with Gasteiger partial charge < -0.3 is 23.7 Å². The van der Waals surface area contributed by atoms with Crippen molar-refractivity contribution >= 4 is 23.3 Å². The van der Waals surface area contributed by atoms with E-state index in [0.29, 0.717) is 34.4 Å². The van der Waals surface area contributed by atoms with Gasteiger partial charge in [0.15, 0.2) is 23.0 Å². The second-order valence-corrected chi connectivity index (χ2v) is 5.94. The highest BCUT2D eigenvalue weighted by molar-refractivity contribution is 6.50. The number of nitrogens with zero attached hydrogens (tertiary/aromatic N) is 1. The first-order chi connectivity index (χ1) is 14.4. The van der Waals surface area contributed by atoms with Crippen molar-refractivity contribution in [1.29, 1.82) is 0 Å². The number of ether oxygens (including phenoxy) is 5. The van der Waals surface area contributed by atoms with Crippen molar-refractivity contribution in [2.75, 3.05) is 39.9 Å². The highest BCUT2D eigenvalue weighted by Crippen LogP contribution is 2.41. The van der Waals surface area contributed by atoms with Gasteiger partial charge in [-0.05, 0) is 12.1 Å². The third-order valence-corrected chi connectivity index (χ3v) is 4.07. The zero-order chi connectivity index (χ0) is 22.3. The van der Waals surface area contributed by atoms with Gasteiger partial charge in [0.25, 0.3) is 5.91 Å². The highest BCUT2D eigenvalue weighted by Gasteiger charge is 2.36. The molecule has 0 aliphatic carbocycles. The Morgan fingerprint density at radius 1 is 0.833 bits per heavy atom. The Bertz CT molecular complexity index is 915. The normalized spacial score (nSPS) is 12.2. The Balaban J connectivity index is 0.000000232. The number of para-hydroxylation sites is 2. The summed E-state index contributed by atoms with van der Waals surface area (Å²) in [7, 11) is 6.01. The van der Waals surface area contributed by atoms with Crippen LogP contribution in [0.4, 0.5) is 5.69 Å². The van der Waals surface area contributed by atoms with E-state index >= 15 is 0 Å². The maximum atomic E-state index is 11.4. The van der Waals surface area contributed by atoms with Crippen LogP contribution in [-0.4, -0.2) is 52.6 Å². The number of amides is 1. The van der Waals surface area contributed by atoms with Crippen LogP contribution in [0.2, 0.25) is 0 Å². The first-order valence-corrected chi connectivity index (χ1v) is 8.82. The molecule has 0 N–H and O–H groups in total. The SMILES string of the molecule is COc1cc(N2CC(=O)C2=O)cc(OC)c1OC.COc1ccccc1OC(C)=O. The van der Waals surface area contributed by atoms with Crippen molar-refractivity contribution in [2.24, 2.45) is 0 Å². The number of esters is 1. The Kier molecular flexibility index (Phi) is 7.62. The van der Waals surface area contributed by atoms with E-state index in [-0.39, 0.29) is 12.5 Å². The van der Waals surface area contributed by atoms with Gasteiger partial charge in [0.05, 0.1) is 40.7 Å². The Labute approximate surface area is 174 Å². The number of carbonyl (C=O) groups excluding carboxylic acids is 3. The topological polar surface area (TPSA) is 101 Å². The van der Waals surface area contributed by atoms with E-state index in [1.165, 1.54) is 40.3 Å². The van der Waals surface area contributed by atoms with Gasteiger partial charge in [0.1, 0.15) is 0 Å². The van der Waals surface area contributed by atoms with Crippen LogP contribution in [0.15, 0.2) is 36.4 Å². The summed E-state index contributed by atoms with van der Waals surface area (Å²) in [5.41, 5.74) is 0.550. The zero-order valence-electron chi connectivity index (χ0n) is 17.4. The fourth-order valence-corrected chi connectivity index (χ4v) is 2.63. The summed E-state index contributed by atoms with van der Waals surface area (Å²) in [4.78, 5) is 34.3. The van der Waals surface area contributed by atoms with Gasteiger partial charge in [0.2, 0.25) is 11.5 Å². The minimum Gasteiger partial charge on any atom is -0.493 e. The van der Waals surface area contributed by atoms with E-state index in [9.17, 15) is 14.4 Å². The molecule has 0 saturated carbocycles. The fraction of sp³-hybridized carbons (Fsp3) is 0.286. The smallest absolute Gasteiger partial charge is 0.308 e. The largest absolute Gasteiger partial charge is 0.493 e. The van der Waals surface area contributed by atoms with Gasteiger partial charge >= 0.3 is 5.97 Å². The molecule has 9 nitrogen and oxygen atoms in total. The van der Waals surface area contributed by atoms with Crippen molar-refractivity contribution in [3.63, 3.8) is 0 Å². The van der Waals surface area contributed by atoms with Crippen LogP contribution in [0.3, 0.4) is 0 Å². The average Bonchev–Trinajstić information content (AvgIpc) is 2.76. The van der Waals surface area contributed by atoms with Crippen molar-refractivity contribution in [1.82, 2.24) is 0 Å².